The molecule has 0 saturated heterocycles. The Morgan fingerprint density at radius 1 is 0.810 bits per heavy atom. The highest BCUT2D eigenvalue weighted by molar-refractivity contribution is 5.93. The van der Waals surface area contributed by atoms with Gasteiger partial charge in [0.15, 0.2) is 0 Å². The molecule has 3 nitrogen and oxygen atoms in total. The van der Waals surface area contributed by atoms with Gasteiger partial charge in [-0.15, -0.1) is 0 Å². The molecule has 2 N–H and O–H groups in total. The van der Waals surface area contributed by atoms with E-state index in [1.54, 1.807) is 18.3 Å². The van der Waals surface area contributed by atoms with Crippen LogP contribution in [0.2, 0.25) is 0 Å². The van der Waals surface area contributed by atoms with Crippen LogP contribution in [0.5, 0.6) is 0 Å². The first-order chi connectivity index (χ1) is 10.3. The van der Waals surface area contributed by atoms with Crippen LogP contribution in [0.25, 0.3) is 22.4 Å². The van der Waals surface area contributed by atoms with Gasteiger partial charge in [-0.2, -0.15) is 0 Å². The highest BCUT2D eigenvalue weighted by atomic mass is 16.1. The molecule has 1 aromatic heterocycles. The van der Waals surface area contributed by atoms with Gasteiger partial charge >= 0.3 is 0 Å². The van der Waals surface area contributed by atoms with Crippen molar-refractivity contribution in [2.75, 3.05) is 0 Å². The molecule has 0 aliphatic heterocycles. The number of nitrogens with zero attached hydrogens (tertiary/aromatic N) is 1. The molecule has 2 aromatic carbocycles. The van der Waals surface area contributed by atoms with Gasteiger partial charge in [-0.1, -0.05) is 48.5 Å². The average Bonchev–Trinajstić information content (AvgIpc) is 2.56. The van der Waals surface area contributed by atoms with Crippen LogP contribution in [0.1, 0.15) is 10.4 Å². The van der Waals surface area contributed by atoms with Crippen molar-refractivity contribution in [1.82, 2.24) is 4.98 Å². The Morgan fingerprint density at radius 2 is 1.52 bits per heavy atom. The average molecular weight is 274 g/mol. The van der Waals surface area contributed by atoms with Crippen LogP contribution in [0.15, 0.2) is 72.9 Å². The third kappa shape index (κ3) is 2.67. The maximum atomic E-state index is 11.1. The first-order valence-electron chi connectivity index (χ1n) is 6.66. The molecule has 0 unspecified atom stereocenters. The first-order valence-corrected chi connectivity index (χ1v) is 6.66. The van der Waals surface area contributed by atoms with Crippen molar-refractivity contribution in [1.29, 1.82) is 0 Å². The monoisotopic (exact) mass is 274 g/mol. The molecule has 1 heterocycles. The van der Waals surface area contributed by atoms with Crippen molar-refractivity contribution in [2.45, 2.75) is 0 Å². The fraction of sp³-hybridized carbons (Fsp3) is 0. The highest BCUT2D eigenvalue weighted by Gasteiger charge is 2.08. The van der Waals surface area contributed by atoms with Crippen molar-refractivity contribution >= 4 is 5.91 Å². The first kappa shape index (κ1) is 13.1. The van der Waals surface area contributed by atoms with Gasteiger partial charge < -0.3 is 5.73 Å². The van der Waals surface area contributed by atoms with Gasteiger partial charge in [-0.05, 0) is 23.8 Å². The normalized spacial score (nSPS) is 10.3. The minimum absolute atomic E-state index is 0.420. The Hall–Kier alpha value is -2.94. The van der Waals surface area contributed by atoms with E-state index in [2.05, 4.69) is 4.98 Å². The maximum Gasteiger partial charge on any atom is 0.248 e. The predicted molar refractivity (Wildman–Crippen MR) is 83.6 cm³/mol. The Balaban J connectivity index is 2.09. The summed E-state index contributed by atoms with van der Waals surface area (Å²) >= 11 is 0. The standard InChI is InChI=1S/C18H14N2O/c19-18(21)15-10-8-13(9-11-15)16-7-4-12-20-17(16)14-5-2-1-3-6-14/h1-12H,(H2,19,21). The molecule has 0 radical (unpaired) electrons. The zero-order valence-electron chi connectivity index (χ0n) is 11.4. The van der Waals surface area contributed by atoms with E-state index in [9.17, 15) is 4.79 Å². The number of primary amides is 1. The van der Waals surface area contributed by atoms with E-state index >= 15 is 0 Å². The lowest BCUT2D eigenvalue weighted by atomic mass is 9.98. The van der Waals surface area contributed by atoms with Crippen LogP contribution >= 0.6 is 0 Å². The molecule has 3 heteroatoms. The molecule has 1 amide bonds. The summed E-state index contributed by atoms with van der Waals surface area (Å²) in [5.74, 6) is -0.420. The molecule has 3 rings (SSSR count). The maximum absolute atomic E-state index is 11.1. The minimum Gasteiger partial charge on any atom is -0.366 e. The van der Waals surface area contributed by atoms with E-state index in [1.165, 1.54) is 0 Å². The third-order valence-electron chi connectivity index (χ3n) is 3.34. The largest absolute Gasteiger partial charge is 0.366 e. The number of nitrogens with two attached hydrogens (primary N) is 1. The number of amides is 1. The van der Waals surface area contributed by atoms with Crippen LogP contribution in [-0.4, -0.2) is 10.9 Å². The highest BCUT2D eigenvalue weighted by Crippen LogP contribution is 2.29. The van der Waals surface area contributed by atoms with E-state index in [0.717, 1.165) is 22.4 Å². The summed E-state index contributed by atoms with van der Waals surface area (Å²) in [7, 11) is 0. The molecular formula is C18H14N2O. The van der Waals surface area contributed by atoms with Gasteiger partial charge in [0.2, 0.25) is 5.91 Å². The summed E-state index contributed by atoms with van der Waals surface area (Å²) in [4.78, 5) is 15.6. The van der Waals surface area contributed by atoms with Crippen LogP contribution in [-0.2, 0) is 0 Å². The van der Waals surface area contributed by atoms with Gasteiger partial charge in [0, 0.05) is 22.9 Å². The lowest BCUT2D eigenvalue weighted by Gasteiger charge is -2.09. The molecule has 0 saturated carbocycles. The molecule has 0 atom stereocenters. The number of carbonyl (C=O) groups excluding carboxylic acids is 1. The quantitative estimate of drug-likeness (QED) is 0.794. The molecule has 0 bridgehead atoms. The number of carbonyl (C=O) groups is 1. The van der Waals surface area contributed by atoms with E-state index in [-0.39, 0.29) is 0 Å². The Morgan fingerprint density at radius 3 is 2.19 bits per heavy atom. The lowest BCUT2D eigenvalue weighted by molar-refractivity contribution is 0.100. The van der Waals surface area contributed by atoms with Crippen molar-refractivity contribution in [2.24, 2.45) is 5.73 Å². The smallest absolute Gasteiger partial charge is 0.248 e. The molecular weight excluding hydrogens is 260 g/mol. The SMILES string of the molecule is NC(=O)c1ccc(-c2cccnc2-c2ccccc2)cc1. The van der Waals surface area contributed by atoms with Crippen molar-refractivity contribution < 1.29 is 4.79 Å². The van der Waals surface area contributed by atoms with E-state index in [1.807, 2.05) is 54.6 Å². The van der Waals surface area contributed by atoms with Gasteiger partial charge in [0.05, 0.1) is 5.69 Å². The van der Waals surface area contributed by atoms with Crippen LogP contribution < -0.4 is 5.73 Å². The molecule has 21 heavy (non-hydrogen) atoms. The van der Waals surface area contributed by atoms with E-state index in [4.69, 9.17) is 5.73 Å². The lowest BCUT2D eigenvalue weighted by Crippen LogP contribution is -2.10. The zero-order valence-corrected chi connectivity index (χ0v) is 11.4. The molecule has 0 spiro atoms. The number of hydrogen-bond donors (Lipinski definition) is 1. The summed E-state index contributed by atoms with van der Waals surface area (Å²) in [5.41, 5.74) is 9.79. The Bertz CT molecular complexity index is 765. The summed E-state index contributed by atoms with van der Waals surface area (Å²) in [6, 6.07) is 21.2. The van der Waals surface area contributed by atoms with Gasteiger partial charge in [-0.3, -0.25) is 9.78 Å². The van der Waals surface area contributed by atoms with Crippen LogP contribution in [0.4, 0.5) is 0 Å². The fourth-order valence-electron chi connectivity index (χ4n) is 2.28. The predicted octanol–water partition coefficient (Wildman–Crippen LogP) is 3.51. The number of pyridine rings is 1. The molecule has 0 aliphatic carbocycles. The van der Waals surface area contributed by atoms with Crippen LogP contribution in [0.3, 0.4) is 0 Å². The summed E-state index contributed by atoms with van der Waals surface area (Å²) < 4.78 is 0. The van der Waals surface area contributed by atoms with Crippen molar-refractivity contribution in [3.05, 3.63) is 78.5 Å². The Labute approximate surface area is 123 Å². The topological polar surface area (TPSA) is 56.0 Å². The number of rotatable bonds is 3. The minimum atomic E-state index is -0.420. The summed E-state index contributed by atoms with van der Waals surface area (Å²) in [6.45, 7) is 0. The number of aromatic nitrogens is 1. The van der Waals surface area contributed by atoms with E-state index < -0.39 is 5.91 Å². The van der Waals surface area contributed by atoms with Crippen molar-refractivity contribution in [3.8, 4) is 22.4 Å². The van der Waals surface area contributed by atoms with Gasteiger partial charge in [0.25, 0.3) is 0 Å². The number of hydrogen-bond acceptors (Lipinski definition) is 2. The number of benzene rings is 2. The zero-order chi connectivity index (χ0) is 14.7. The second-order valence-electron chi connectivity index (χ2n) is 4.71. The fourth-order valence-corrected chi connectivity index (χ4v) is 2.28. The van der Waals surface area contributed by atoms with Gasteiger partial charge in [0.1, 0.15) is 0 Å². The van der Waals surface area contributed by atoms with Crippen LogP contribution in [0, 0.1) is 0 Å². The molecule has 102 valence electrons. The Kier molecular flexibility index (Phi) is 3.48. The molecule has 3 aromatic rings. The van der Waals surface area contributed by atoms with Crippen molar-refractivity contribution in [3.63, 3.8) is 0 Å². The molecule has 0 aliphatic rings. The summed E-state index contributed by atoms with van der Waals surface area (Å²) in [5, 5.41) is 0. The summed E-state index contributed by atoms with van der Waals surface area (Å²) in [6.07, 6.45) is 1.78. The van der Waals surface area contributed by atoms with E-state index in [0.29, 0.717) is 5.56 Å². The second kappa shape index (κ2) is 5.59. The molecule has 0 fully saturated rings. The van der Waals surface area contributed by atoms with Gasteiger partial charge in [-0.25, -0.2) is 0 Å². The third-order valence-corrected chi connectivity index (χ3v) is 3.34. The second-order valence-corrected chi connectivity index (χ2v) is 4.71.